The highest BCUT2D eigenvalue weighted by Crippen LogP contribution is 2.23. The second-order valence-corrected chi connectivity index (χ2v) is 8.44. The molecule has 0 aliphatic carbocycles. The molecule has 0 radical (unpaired) electrons. The minimum absolute atomic E-state index is 0.165. The SMILES string of the molecule is N#Cc1ccccc1C(=O)N1CCC[C@H](S(=O)(=O)N2CCOCC2)C1. The van der Waals surface area contributed by atoms with Crippen LogP contribution in [0.25, 0.3) is 0 Å². The van der Waals surface area contributed by atoms with Crippen LogP contribution in [0.15, 0.2) is 24.3 Å². The normalized spacial score (nSPS) is 22.4. The maximum Gasteiger partial charge on any atom is 0.255 e. The molecule has 0 saturated carbocycles. The second-order valence-electron chi connectivity index (χ2n) is 6.23. The molecule has 2 fully saturated rings. The number of rotatable bonds is 3. The highest BCUT2D eigenvalue weighted by Gasteiger charge is 2.37. The van der Waals surface area contributed by atoms with E-state index in [0.717, 1.165) is 0 Å². The van der Waals surface area contributed by atoms with E-state index in [1.54, 1.807) is 29.2 Å². The molecule has 1 atom stereocenters. The van der Waals surface area contributed by atoms with Gasteiger partial charge >= 0.3 is 0 Å². The zero-order valence-corrected chi connectivity index (χ0v) is 14.7. The summed E-state index contributed by atoms with van der Waals surface area (Å²) in [6, 6.07) is 8.64. The van der Waals surface area contributed by atoms with E-state index in [9.17, 15) is 18.5 Å². The highest BCUT2D eigenvalue weighted by molar-refractivity contribution is 7.89. The Morgan fingerprint density at radius 3 is 2.64 bits per heavy atom. The fraction of sp³-hybridized carbons (Fsp3) is 0.529. The van der Waals surface area contributed by atoms with Gasteiger partial charge in [0.25, 0.3) is 5.91 Å². The quantitative estimate of drug-likeness (QED) is 0.793. The average molecular weight is 363 g/mol. The lowest BCUT2D eigenvalue weighted by molar-refractivity contribution is 0.0685. The Morgan fingerprint density at radius 1 is 1.20 bits per heavy atom. The number of ether oxygens (including phenoxy) is 1. The summed E-state index contributed by atoms with van der Waals surface area (Å²) >= 11 is 0. The molecule has 3 rings (SSSR count). The Morgan fingerprint density at radius 2 is 1.92 bits per heavy atom. The molecular formula is C17H21N3O4S. The molecule has 2 aliphatic rings. The molecule has 1 aromatic rings. The molecule has 1 amide bonds. The second kappa shape index (κ2) is 7.52. The third-order valence-corrected chi connectivity index (χ3v) is 7.01. The Hall–Kier alpha value is -1.95. The van der Waals surface area contributed by atoms with Crippen molar-refractivity contribution in [3.63, 3.8) is 0 Å². The van der Waals surface area contributed by atoms with E-state index in [1.165, 1.54) is 4.31 Å². The minimum Gasteiger partial charge on any atom is -0.379 e. The van der Waals surface area contributed by atoms with Crippen LogP contribution in [-0.4, -0.2) is 68.2 Å². The van der Waals surface area contributed by atoms with Crippen LogP contribution in [0.3, 0.4) is 0 Å². The lowest BCUT2D eigenvalue weighted by Crippen LogP contribution is -2.51. The number of hydrogen-bond donors (Lipinski definition) is 0. The van der Waals surface area contributed by atoms with E-state index in [1.807, 2.05) is 6.07 Å². The van der Waals surface area contributed by atoms with Gasteiger partial charge in [0, 0.05) is 26.2 Å². The summed E-state index contributed by atoms with van der Waals surface area (Å²) in [4.78, 5) is 14.3. The van der Waals surface area contributed by atoms with Gasteiger partial charge in [-0.2, -0.15) is 9.57 Å². The lowest BCUT2D eigenvalue weighted by Gasteiger charge is -2.36. The summed E-state index contributed by atoms with van der Waals surface area (Å²) in [6.07, 6.45) is 1.18. The van der Waals surface area contributed by atoms with Crippen LogP contribution in [0.4, 0.5) is 0 Å². The molecule has 25 heavy (non-hydrogen) atoms. The van der Waals surface area contributed by atoms with Gasteiger partial charge in [0.2, 0.25) is 10.0 Å². The van der Waals surface area contributed by atoms with Crippen molar-refractivity contribution >= 4 is 15.9 Å². The number of likely N-dealkylation sites (tertiary alicyclic amines) is 1. The number of hydrogen-bond acceptors (Lipinski definition) is 5. The number of nitrogens with zero attached hydrogens (tertiary/aromatic N) is 3. The third kappa shape index (κ3) is 3.68. The van der Waals surface area contributed by atoms with Crippen LogP contribution in [0.2, 0.25) is 0 Å². The van der Waals surface area contributed by atoms with Gasteiger partial charge in [-0.1, -0.05) is 12.1 Å². The zero-order valence-electron chi connectivity index (χ0n) is 13.9. The third-order valence-electron chi connectivity index (χ3n) is 4.69. The first-order valence-corrected chi connectivity index (χ1v) is 9.89. The molecule has 2 saturated heterocycles. The molecule has 0 bridgehead atoms. The number of nitriles is 1. The predicted molar refractivity (Wildman–Crippen MR) is 91.4 cm³/mol. The molecule has 0 spiro atoms. The Balaban J connectivity index is 1.77. The number of sulfonamides is 1. The van der Waals surface area contributed by atoms with Crippen LogP contribution in [-0.2, 0) is 14.8 Å². The van der Waals surface area contributed by atoms with Crippen LogP contribution in [0.5, 0.6) is 0 Å². The molecule has 8 heteroatoms. The van der Waals surface area contributed by atoms with Crippen LogP contribution >= 0.6 is 0 Å². The monoisotopic (exact) mass is 363 g/mol. The smallest absolute Gasteiger partial charge is 0.255 e. The maximum absolute atomic E-state index is 12.8. The molecule has 0 N–H and O–H groups in total. The fourth-order valence-corrected chi connectivity index (χ4v) is 5.23. The summed E-state index contributed by atoms with van der Waals surface area (Å²) in [7, 11) is -3.45. The molecule has 1 aromatic carbocycles. The Labute approximate surface area is 147 Å². The number of carbonyl (C=O) groups is 1. The van der Waals surface area contributed by atoms with E-state index in [2.05, 4.69) is 0 Å². The van der Waals surface area contributed by atoms with Gasteiger partial charge in [0.1, 0.15) is 0 Å². The summed E-state index contributed by atoms with van der Waals surface area (Å²) in [6.45, 7) is 2.22. The summed E-state index contributed by atoms with van der Waals surface area (Å²) in [5.41, 5.74) is 0.639. The summed E-state index contributed by atoms with van der Waals surface area (Å²) < 4.78 is 32.4. The van der Waals surface area contributed by atoms with Crippen molar-refractivity contribution in [1.29, 1.82) is 5.26 Å². The zero-order chi connectivity index (χ0) is 17.9. The van der Waals surface area contributed by atoms with Crippen molar-refractivity contribution in [3.05, 3.63) is 35.4 Å². The minimum atomic E-state index is -3.45. The van der Waals surface area contributed by atoms with Crippen LogP contribution in [0.1, 0.15) is 28.8 Å². The van der Waals surface area contributed by atoms with E-state index in [0.29, 0.717) is 56.8 Å². The molecule has 0 unspecified atom stereocenters. The number of amides is 1. The van der Waals surface area contributed by atoms with Gasteiger partial charge in [-0.25, -0.2) is 8.42 Å². The summed E-state index contributed by atoms with van der Waals surface area (Å²) in [5.74, 6) is -0.279. The number of benzene rings is 1. The first-order valence-electron chi connectivity index (χ1n) is 8.39. The number of carbonyl (C=O) groups excluding carboxylic acids is 1. The van der Waals surface area contributed by atoms with Crippen LogP contribution < -0.4 is 0 Å². The molecule has 7 nitrogen and oxygen atoms in total. The van der Waals surface area contributed by atoms with Gasteiger partial charge in [0.15, 0.2) is 0 Å². The molecule has 2 heterocycles. The lowest BCUT2D eigenvalue weighted by atomic mass is 10.0. The standard InChI is InChI=1S/C17H21N3O4S/c18-12-14-4-1-2-6-16(14)17(21)19-7-3-5-15(13-19)25(22,23)20-8-10-24-11-9-20/h1-2,4,6,15H,3,5,7-11,13H2/t15-/m0/s1. The Kier molecular flexibility index (Phi) is 5.37. The molecular weight excluding hydrogens is 342 g/mol. The van der Waals surface area contributed by atoms with E-state index < -0.39 is 15.3 Å². The molecule has 0 aromatic heterocycles. The first kappa shape index (κ1) is 17.9. The van der Waals surface area contributed by atoms with Gasteiger partial charge in [0.05, 0.1) is 35.7 Å². The van der Waals surface area contributed by atoms with E-state index in [4.69, 9.17) is 4.74 Å². The maximum atomic E-state index is 12.8. The van der Waals surface area contributed by atoms with Crippen molar-refractivity contribution in [2.24, 2.45) is 0 Å². The van der Waals surface area contributed by atoms with Crippen molar-refractivity contribution in [2.45, 2.75) is 18.1 Å². The molecule has 134 valence electrons. The van der Waals surface area contributed by atoms with Gasteiger partial charge in [-0.05, 0) is 25.0 Å². The van der Waals surface area contributed by atoms with Gasteiger partial charge < -0.3 is 9.64 Å². The number of morpholine rings is 1. The number of piperidine rings is 1. The highest BCUT2D eigenvalue weighted by atomic mass is 32.2. The van der Waals surface area contributed by atoms with Crippen molar-refractivity contribution in [1.82, 2.24) is 9.21 Å². The first-order chi connectivity index (χ1) is 12.0. The Bertz CT molecular complexity index is 781. The van der Waals surface area contributed by atoms with Crippen LogP contribution in [0, 0.1) is 11.3 Å². The summed E-state index contributed by atoms with van der Waals surface area (Å²) in [5, 5.41) is 8.58. The predicted octanol–water partition coefficient (Wildman–Crippen LogP) is 0.825. The van der Waals surface area contributed by atoms with Gasteiger partial charge in [-0.15, -0.1) is 0 Å². The molecule has 2 aliphatic heterocycles. The fourth-order valence-electron chi connectivity index (χ4n) is 3.32. The topological polar surface area (TPSA) is 90.7 Å². The van der Waals surface area contributed by atoms with Crippen molar-refractivity contribution < 1.29 is 17.9 Å². The average Bonchev–Trinajstić information content (AvgIpc) is 2.68. The van der Waals surface area contributed by atoms with Crippen molar-refractivity contribution in [2.75, 3.05) is 39.4 Å². The van der Waals surface area contributed by atoms with Gasteiger partial charge in [-0.3, -0.25) is 4.79 Å². The van der Waals surface area contributed by atoms with Crippen molar-refractivity contribution in [3.8, 4) is 6.07 Å². The van der Waals surface area contributed by atoms with E-state index >= 15 is 0 Å². The van der Waals surface area contributed by atoms with E-state index in [-0.39, 0.29) is 12.5 Å². The largest absolute Gasteiger partial charge is 0.379 e.